The second-order valence-electron chi connectivity index (χ2n) is 3.96. The molecule has 18 heavy (non-hydrogen) atoms. The first-order valence-electron chi connectivity index (χ1n) is 5.29. The van der Waals surface area contributed by atoms with Crippen LogP contribution in [0.2, 0.25) is 10.0 Å². The standard InChI is InChI=1S/C12H13Cl2NO3/c1-7(12(17)18)6-15(8(2)16)11-4-3-9(13)5-10(11)14/h3-5,7H,6H2,1-2H3,(H,17,18). The summed E-state index contributed by atoms with van der Waals surface area (Å²) < 4.78 is 0. The molecule has 0 fully saturated rings. The molecule has 6 heteroatoms. The average molecular weight is 290 g/mol. The van der Waals surface area contributed by atoms with Crippen LogP contribution in [0.25, 0.3) is 0 Å². The first kappa shape index (κ1) is 14.8. The third-order valence-corrected chi connectivity index (χ3v) is 3.00. The molecule has 0 bridgehead atoms. The van der Waals surface area contributed by atoms with Gasteiger partial charge in [0.2, 0.25) is 5.91 Å². The number of halogens is 2. The van der Waals surface area contributed by atoms with Gasteiger partial charge < -0.3 is 10.0 Å². The van der Waals surface area contributed by atoms with E-state index in [1.54, 1.807) is 12.1 Å². The van der Waals surface area contributed by atoms with Crippen LogP contribution in [0.1, 0.15) is 13.8 Å². The van der Waals surface area contributed by atoms with E-state index < -0.39 is 11.9 Å². The Morgan fingerprint density at radius 2 is 2.00 bits per heavy atom. The van der Waals surface area contributed by atoms with Crippen molar-refractivity contribution in [2.75, 3.05) is 11.4 Å². The fourth-order valence-corrected chi connectivity index (χ4v) is 1.96. The number of nitrogens with zero attached hydrogens (tertiary/aromatic N) is 1. The summed E-state index contributed by atoms with van der Waals surface area (Å²) in [6.07, 6.45) is 0. The minimum Gasteiger partial charge on any atom is -0.481 e. The lowest BCUT2D eigenvalue weighted by Crippen LogP contribution is -2.35. The number of carboxylic acid groups (broad SMARTS) is 1. The smallest absolute Gasteiger partial charge is 0.308 e. The molecule has 1 N–H and O–H groups in total. The van der Waals surface area contributed by atoms with Gasteiger partial charge in [0.05, 0.1) is 16.6 Å². The number of anilines is 1. The summed E-state index contributed by atoms with van der Waals surface area (Å²) in [6.45, 7) is 2.95. The van der Waals surface area contributed by atoms with Gasteiger partial charge in [-0.1, -0.05) is 30.1 Å². The fraction of sp³-hybridized carbons (Fsp3) is 0.333. The van der Waals surface area contributed by atoms with Crippen molar-refractivity contribution in [2.45, 2.75) is 13.8 Å². The highest BCUT2D eigenvalue weighted by molar-refractivity contribution is 6.36. The molecule has 0 aliphatic heterocycles. The molecule has 0 aliphatic rings. The summed E-state index contributed by atoms with van der Waals surface area (Å²) in [4.78, 5) is 23.7. The van der Waals surface area contributed by atoms with E-state index in [0.29, 0.717) is 15.7 Å². The molecule has 0 saturated carbocycles. The van der Waals surface area contributed by atoms with E-state index in [1.165, 1.54) is 24.8 Å². The van der Waals surface area contributed by atoms with Gasteiger partial charge in [0.1, 0.15) is 0 Å². The number of benzene rings is 1. The Kier molecular flexibility index (Phi) is 4.99. The van der Waals surface area contributed by atoms with Gasteiger partial charge in [-0.25, -0.2) is 0 Å². The van der Waals surface area contributed by atoms with Gasteiger partial charge in [0.25, 0.3) is 0 Å². The van der Waals surface area contributed by atoms with Gasteiger partial charge in [-0.3, -0.25) is 9.59 Å². The quantitative estimate of drug-likeness (QED) is 0.927. The highest BCUT2D eigenvalue weighted by Gasteiger charge is 2.21. The molecule has 0 spiro atoms. The number of hydrogen-bond donors (Lipinski definition) is 1. The first-order valence-corrected chi connectivity index (χ1v) is 6.04. The van der Waals surface area contributed by atoms with Gasteiger partial charge in [-0.05, 0) is 18.2 Å². The molecule has 1 rings (SSSR count). The van der Waals surface area contributed by atoms with Crippen molar-refractivity contribution in [3.05, 3.63) is 28.2 Å². The lowest BCUT2D eigenvalue weighted by atomic mass is 10.1. The van der Waals surface area contributed by atoms with Crippen LogP contribution >= 0.6 is 23.2 Å². The molecular weight excluding hydrogens is 277 g/mol. The molecule has 0 radical (unpaired) electrons. The second-order valence-corrected chi connectivity index (χ2v) is 4.81. The summed E-state index contributed by atoms with van der Waals surface area (Å²) in [5.74, 6) is -1.92. The minimum absolute atomic E-state index is 0.0615. The van der Waals surface area contributed by atoms with Gasteiger partial charge in [-0.15, -0.1) is 0 Å². The van der Waals surface area contributed by atoms with Crippen molar-refractivity contribution < 1.29 is 14.7 Å². The van der Waals surface area contributed by atoms with E-state index >= 15 is 0 Å². The maximum atomic E-state index is 11.6. The number of amides is 1. The Morgan fingerprint density at radius 3 is 2.44 bits per heavy atom. The molecule has 1 aromatic rings. The molecule has 0 aromatic heterocycles. The van der Waals surface area contributed by atoms with E-state index in [4.69, 9.17) is 28.3 Å². The van der Waals surface area contributed by atoms with E-state index in [1.807, 2.05) is 0 Å². The number of carbonyl (C=O) groups excluding carboxylic acids is 1. The predicted molar refractivity (Wildman–Crippen MR) is 71.3 cm³/mol. The summed E-state index contributed by atoms with van der Waals surface area (Å²) in [5, 5.41) is 9.65. The second kappa shape index (κ2) is 6.07. The Bertz CT molecular complexity index is 476. The van der Waals surface area contributed by atoms with Crippen molar-refractivity contribution in [3.63, 3.8) is 0 Å². The first-order chi connectivity index (χ1) is 8.32. The van der Waals surface area contributed by atoms with Crippen molar-refractivity contribution in [1.29, 1.82) is 0 Å². The number of carbonyl (C=O) groups is 2. The summed E-state index contributed by atoms with van der Waals surface area (Å²) in [6, 6.07) is 4.71. The Balaban J connectivity index is 3.05. The highest BCUT2D eigenvalue weighted by Crippen LogP contribution is 2.29. The third-order valence-electron chi connectivity index (χ3n) is 2.46. The van der Waals surface area contributed by atoms with E-state index in [2.05, 4.69) is 0 Å². The van der Waals surface area contributed by atoms with Crippen LogP contribution in [0.15, 0.2) is 18.2 Å². The molecule has 1 atom stereocenters. The van der Waals surface area contributed by atoms with Gasteiger partial charge in [0.15, 0.2) is 0 Å². The normalized spacial score (nSPS) is 12.0. The monoisotopic (exact) mass is 289 g/mol. The SMILES string of the molecule is CC(=O)N(CC(C)C(=O)O)c1ccc(Cl)cc1Cl. The largest absolute Gasteiger partial charge is 0.481 e. The molecular formula is C12H13Cl2NO3. The zero-order valence-electron chi connectivity index (χ0n) is 9.98. The van der Waals surface area contributed by atoms with E-state index in [9.17, 15) is 9.59 Å². The maximum absolute atomic E-state index is 11.6. The van der Waals surface area contributed by atoms with Crippen LogP contribution in [-0.2, 0) is 9.59 Å². The molecule has 0 saturated heterocycles. The van der Waals surface area contributed by atoms with Gasteiger partial charge in [0, 0.05) is 18.5 Å². The Morgan fingerprint density at radius 1 is 1.39 bits per heavy atom. The molecule has 1 amide bonds. The van der Waals surface area contributed by atoms with Gasteiger partial charge >= 0.3 is 5.97 Å². The van der Waals surface area contributed by atoms with Crippen molar-refractivity contribution in [3.8, 4) is 0 Å². The zero-order valence-corrected chi connectivity index (χ0v) is 11.5. The van der Waals surface area contributed by atoms with Crippen LogP contribution < -0.4 is 4.90 Å². The highest BCUT2D eigenvalue weighted by atomic mass is 35.5. The van der Waals surface area contributed by atoms with Crippen molar-refractivity contribution >= 4 is 40.8 Å². The number of rotatable bonds is 4. The minimum atomic E-state index is -0.966. The Hall–Kier alpha value is -1.26. The lowest BCUT2D eigenvalue weighted by molar-refractivity contribution is -0.140. The van der Waals surface area contributed by atoms with Crippen LogP contribution in [0.5, 0.6) is 0 Å². The zero-order chi connectivity index (χ0) is 13.9. The van der Waals surface area contributed by atoms with Crippen LogP contribution in [0, 0.1) is 5.92 Å². The molecule has 1 aromatic carbocycles. The number of carboxylic acids is 1. The number of aliphatic carboxylic acids is 1. The van der Waals surface area contributed by atoms with Crippen molar-refractivity contribution in [1.82, 2.24) is 0 Å². The van der Waals surface area contributed by atoms with E-state index in [-0.39, 0.29) is 12.5 Å². The lowest BCUT2D eigenvalue weighted by Gasteiger charge is -2.24. The van der Waals surface area contributed by atoms with Crippen LogP contribution in [0.3, 0.4) is 0 Å². The molecule has 4 nitrogen and oxygen atoms in total. The Labute approximate surface area is 115 Å². The average Bonchev–Trinajstić information content (AvgIpc) is 2.26. The van der Waals surface area contributed by atoms with Crippen LogP contribution in [-0.4, -0.2) is 23.5 Å². The van der Waals surface area contributed by atoms with E-state index in [0.717, 1.165) is 0 Å². The molecule has 1 unspecified atom stereocenters. The molecule has 0 aliphatic carbocycles. The van der Waals surface area contributed by atoms with Crippen LogP contribution in [0.4, 0.5) is 5.69 Å². The summed E-state index contributed by atoms with van der Waals surface area (Å²) in [5.41, 5.74) is 0.460. The number of hydrogen-bond acceptors (Lipinski definition) is 2. The third kappa shape index (κ3) is 3.62. The topological polar surface area (TPSA) is 57.6 Å². The summed E-state index contributed by atoms with van der Waals surface area (Å²) >= 11 is 11.8. The van der Waals surface area contributed by atoms with Gasteiger partial charge in [-0.2, -0.15) is 0 Å². The molecule has 0 heterocycles. The molecule has 98 valence electrons. The summed E-state index contributed by atoms with van der Waals surface area (Å²) in [7, 11) is 0. The van der Waals surface area contributed by atoms with Crippen molar-refractivity contribution in [2.24, 2.45) is 5.92 Å². The fourth-order valence-electron chi connectivity index (χ4n) is 1.45. The maximum Gasteiger partial charge on any atom is 0.308 e. The predicted octanol–water partition coefficient (Wildman–Crippen LogP) is 3.07.